The van der Waals surface area contributed by atoms with Crippen LogP contribution in [0.3, 0.4) is 0 Å². The molecule has 2 amide bonds. The zero-order valence-electron chi connectivity index (χ0n) is 12.3. The first-order valence-corrected chi connectivity index (χ1v) is 9.06. The Balaban J connectivity index is 1.82. The Morgan fingerprint density at radius 1 is 1.35 bits per heavy atom. The van der Waals surface area contributed by atoms with Gasteiger partial charge in [-0.2, -0.15) is 0 Å². The van der Waals surface area contributed by atoms with Gasteiger partial charge in [0.15, 0.2) is 0 Å². The lowest BCUT2D eigenvalue weighted by Gasteiger charge is -2.32. The van der Waals surface area contributed by atoms with Crippen LogP contribution in [0.15, 0.2) is 0 Å². The molecule has 2 rings (SSSR count). The van der Waals surface area contributed by atoms with Gasteiger partial charge in [-0.05, 0) is 19.3 Å². The van der Waals surface area contributed by atoms with Crippen molar-refractivity contribution in [2.45, 2.75) is 56.6 Å². The van der Waals surface area contributed by atoms with Crippen molar-refractivity contribution in [3.8, 4) is 0 Å². The number of hydrogen-bond acceptors (Lipinski definition) is 3. The van der Waals surface area contributed by atoms with Crippen molar-refractivity contribution < 1.29 is 14.1 Å². The van der Waals surface area contributed by atoms with E-state index < -0.39 is 16.4 Å². The predicted molar refractivity (Wildman–Crippen MR) is 80.1 cm³/mol. The van der Waals surface area contributed by atoms with Crippen LogP contribution in [0.4, 0.5) is 4.79 Å². The average Bonchev–Trinajstić information content (AvgIpc) is 2.67. The van der Waals surface area contributed by atoms with E-state index in [2.05, 4.69) is 5.32 Å². The highest BCUT2D eigenvalue weighted by Gasteiger charge is 2.31. The zero-order chi connectivity index (χ0) is 14.6. The highest BCUT2D eigenvalue weighted by Crippen LogP contribution is 2.27. The molecular formula is C14H26N2O3S. The number of rotatable bonds is 3. The van der Waals surface area contributed by atoms with Crippen molar-refractivity contribution in [2.75, 3.05) is 25.1 Å². The molecule has 1 aliphatic carbocycles. The molecule has 20 heavy (non-hydrogen) atoms. The smallest absolute Gasteiger partial charge is 0.317 e. The highest BCUT2D eigenvalue weighted by molar-refractivity contribution is 7.85. The number of amides is 2. The minimum absolute atomic E-state index is 0.0227. The minimum atomic E-state index is -0.782. The number of carbonyl (C=O) groups excluding carboxylic acids is 1. The van der Waals surface area contributed by atoms with Gasteiger partial charge in [0, 0.05) is 35.4 Å². The van der Waals surface area contributed by atoms with E-state index in [9.17, 15) is 14.1 Å². The predicted octanol–water partition coefficient (Wildman–Crippen LogP) is 1.23. The fourth-order valence-electron chi connectivity index (χ4n) is 3.12. The van der Waals surface area contributed by atoms with Crippen molar-refractivity contribution >= 4 is 16.8 Å². The van der Waals surface area contributed by atoms with Gasteiger partial charge in [0.05, 0.1) is 12.1 Å². The lowest BCUT2D eigenvalue weighted by molar-refractivity contribution is 0.00446. The van der Waals surface area contributed by atoms with E-state index in [0.29, 0.717) is 18.1 Å². The molecule has 116 valence electrons. The Labute approximate surface area is 123 Å². The Bertz CT molecular complexity index is 367. The molecule has 2 aliphatic rings. The fraction of sp³-hybridized carbons (Fsp3) is 0.929. The number of likely N-dealkylation sites (N-methyl/N-ethyl adjacent to an activating group) is 1. The molecule has 2 N–H and O–H groups in total. The molecule has 0 unspecified atom stereocenters. The van der Waals surface area contributed by atoms with Crippen molar-refractivity contribution in [3.05, 3.63) is 0 Å². The third-order valence-electron chi connectivity index (χ3n) is 4.32. The second kappa shape index (κ2) is 6.89. The van der Waals surface area contributed by atoms with Crippen LogP contribution in [0.1, 0.15) is 44.9 Å². The number of nitrogens with one attached hydrogen (secondary N) is 1. The van der Waals surface area contributed by atoms with Crippen molar-refractivity contribution in [1.82, 2.24) is 10.2 Å². The normalized spacial score (nSPS) is 29.7. The van der Waals surface area contributed by atoms with E-state index >= 15 is 0 Å². The third-order valence-corrected chi connectivity index (χ3v) is 5.79. The third kappa shape index (κ3) is 4.45. The molecule has 0 aromatic rings. The topological polar surface area (TPSA) is 69.6 Å². The van der Waals surface area contributed by atoms with E-state index in [0.717, 1.165) is 32.1 Å². The molecule has 1 aliphatic heterocycles. The SMILES string of the molecule is CN(CC1(O)CCCCCC1)C(=O)N[C@H]1CC[S@@](=O)C1. The van der Waals surface area contributed by atoms with Crippen LogP contribution in [-0.2, 0) is 10.8 Å². The van der Waals surface area contributed by atoms with Crippen molar-refractivity contribution in [1.29, 1.82) is 0 Å². The summed E-state index contributed by atoms with van der Waals surface area (Å²) in [5.41, 5.74) is -0.735. The maximum absolute atomic E-state index is 12.1. The van der Waals surface area contributed by atoms with Gasteiger partial charge in [0.1, 0.15) is 0 Å². The second-order valence-electron chi connectivity index (χ2n) is 6.24. The molecule has 5 nitrogen and oxygen atoms in total. The molecule has 0 bridgehead atoms. The van der Waals surface area contributed by atoms with E-state index in [1.807, 2.05) is 0 Å². The number of hydrogen-bond donors (Lipinski definition) is 2. The van der Waals surface area contributed by atoms with Gasteiger partial charge >= 0.3 is 6.03 Å². The molecule has 2 atom stereocenters. The number of carbonyl (C=O) groups is 1. The van der Waals surface area contributed by atoms with E-state index in [1.54, 1.807) is 11.9 Å². The van der Waals surface area contributed by atoms with Crippen LogP contribution < -0.4 is 5.32 Å². The van der Waals surface area contributed by atoms with Crippen molar-refractivity contribution in [3.63, 3.8) is 0 Å². The monoisotopic (exact) mass is 302 g/mol. The Hall–Kier alpha value is -0.620. The summed E-state index contributed by atoms with van der Waals surface area (Å²) in [4.78, 5) is 13.7. The molecule has 0 aromatic heterocycles. The molecule has 6 heteroatoms. The quantitative estimate of drug-likeness (QED) is 0.771. The maximum atomic E-state index is 12.1. The summed E-state index contributed by atoms with van der Waals surface area (Å²) in [6.45, 7) is 0.384. The van der Waals surface area contributed by atoms with E-state index in [4.69, 9.17) is 0 Å². The van der Waals surface area contributed by atoms with Gasteiger partial charge in [-0.3, -0.25) is 4.21 Å². The molecule has 0 spiro atoms. The fourth-order valence-corrected chi connectivity index (χ4v) is 4.53. The minimum Gasteiger partial charge on any atom is -0.388 e. The first kappa shape index (κ1) is 15.8. The second-order valence-corrected chi connectivity index (χ2v) is 7.86. The lowest BCUT2D eigenvalue weighted by Crippen LogP contribution is -2.49. The highest BCUT2D eigenvalue weighted by atomic mass is 32.2. The summed E-state index contributed by atoms with van der Waals surface area (Å²) in [6, 6.07) is -0.138. The van der Waals surface area contributed by atoms with E-state index in [-0.39, 0.29) is 12.1 Å². The van der Waals surface area contributed by atoms with Crippen LogP contribution in [0.25, 0.3) is 0 Å². The summed E-state index contributed by atoms with van der Waals surface area (Å²) < 4.78 is 11.3. The Kier molecular flexibility index (Phi) is 5.43. The average molecular weight is 302 g/mol. The van der Waals surface area contributed by atoms with Gasteiger partial charge in [-0.1, -0.05) is 25.7 Å². The summed E-state index contributed by atoms with van der Waals surface area (Å²) in [5.74, 6) is 1.24. The molecule has 1 saturated heterocycles. The summed E-state index contributed by atoms with van der Waals surface area (Å²) in [7, 11) is 0.944. The van der Waals surface area contributed by atoms with Gasteiger partial charge < -0.3 is 15.3 Å². The van der Waals surface area contributed by atoms with Crippen LogP contribution in [-0.4, -0.2) is 57.0 Å². The summed E-state index contributed by atoms with van der Waals surface area (Å²) in [6.07, 6.45) is 6.76. The van der Waals surface area contributed by atoms with Crippen molar-refractivity contribution in [2.24, 2.45) is 0 Å². The standard InChI is InChI=1S/C14H26N2O3S/c1-16(11-14(18)7-4-2-3-5-8-14)13(17)15-12-6-9-20(19)10-12/h12,18H,2-11H2,1H3,(H,15,17)/t12-,20+/m0/s1. The van der Waals surface area contributed by atoms with Crippen LogP contribution in [0.5, 0.6) is 0 Å². The molecule has 2 fully saturated rings. The van der Waals surface area contributed by atoms with Gasteiger partial charge in [-0.15, -0.1) is 0 Å². The Morgan fingerprint density at radius 2 is 2.00 bits per heavy atom. The van der Waals surface area contributed by atoms with Crippen LogP contribution in [0, 0.1) is 0 Å². The molecule has 0 radical (unpaired) electrons. The first-order valence-electron chi connectivity index (χ1n) is 7.57. The summed E-state index contributed by atoms with van der Waals surface area (Å²) >= 11 is 0. The molecule has 1 heterocycles. The zero-order valence-corrected chi connectivity index (χ0v) is 13.1. The number of nitrogens with zero attached hydrogens (tertiary/aromatic N) is 1. The van der Waals surface area contributed by atoms with Gasteiger partial charge in [-0.25, -0.2) is 4.79 Å². The van der Waals surface area contributed by atoms with Gasteiger partial charge in [0.2, 0.25) is 0 Å². The number of urea groups is 1. The summed E-state index contributed by atoms with van der Waals surface area (Å²) in [5, 5.41) is 13.5. The largest absolute Gasteiger partial charge is 0.388 e. The number of aliphatic hydroxyl groups is 1. The van der Waals surface area contributed by atoms with Gasteiger partial charge in [0.25, 0.3) is 0 Å². The molecule has 0 aromatic carbocycles. The molecule has 1 saturated carbocycles. The first-order chi connectivity index (χ1) is 9.48. The Morgan fingerprint density at radius 3 is 2.55 bits per heavy atom. The van der Waals surface area contributed by atoms with Crippen LogP contribution in [0.2, 0.25) is 0 Å². The van der Waals surface area contributed by atoms with E-state index in [1.165, 1.54) is 12.8 Å². The maximum Gasteiger partial charge on any atom is 0.317 e. The lowest BCUT2D eigenvalue weighted by atomic mass is 9.94. The van der Waals surface area contributed by atoms with Crippen LogP contribution >= 0.6 is 0 Å². The molecular weight excluding hydrogens is 276 g/mol.